The highest BCUT2D eigenvalue weighted by Gasteiger charge is 2.25. The Kier molecular flexibility index (Phi) is 4.75. The van der Waals surface area contributed by atoms with E-state index in [1.165, 1.54) is 23.5 Å². The van der Waals surface area contributed by atoms with E-state index >= 15 is 0 Å². The number of para-hydroxylation sites is 1. The zero-order valence-electron chi connectivity index (χ0n) is 10.4. The van der Waals surface area contributed by atoms with Crippen LogP contribution in [0.15, 0.2) is 24.3 Å². The molecule has 1 aromatic carbocycles. The van der Waals surface area contributed by atoms with Crippen molar-refractivity contribution in [3.8, 4) is 5.75 Å². The Morgan fingerprint density at radius 2 is 2.29 bits per heavy atom. The largest absolute Gasteiger partial charge is 0.493 e. The maximum atomic E-state index is 6.38. The normalized spacial score (nSPS) is 21.4. The Morgan fingerprint density at radius 1 is 1.47 bits per heavy atom. The third-order valence-corrected chi connectivity index (χ3v) is 4.40. The molecular weight excluding hydrogens is 230 g/mol. The maximum absolute atomic E-state index is 6.38. The van der Waals surface area contributed by atoms with Crippen LogP contribution in [0.25, 0.3) is 0 Å². The van der Waals surface area contributed by atoms with Gasteiger partial charge in [-0.2, -0.15) is 11.8 Å². The monoisotopic (exact) mass is 251 g/mol. The van der Waals surface area contributed by atoms with Gasteiger partial charge in [0.05, 0.1) is 6.61 Å². The predicted octanol–water partition coefficient (Wildman–Crippen LogP) is 3.23. The molecule has 1 aliphatic heterocycles. The Balaban J connectivity index is 2.12. The summed E-state index contributed by atoms with van der Waals surface area (Å²) in [6.45, 7) is 2.89. The van der Waals surface area contributed by atoms with Gasteiger partial charge in [0.1, 0.15) is 5.75 Å². The average molecular weight is 251 g/mol. The molecule has 0 spiro atoms. The van der Waals surface area contributed by atoms with Crippen molar-refractivity contribution in [2.24, 2.45) is 11.7 Å². The fraction of sp³-hybridized carbons (Fsp3) is 0.571. The summed E-state index contributed by atoms with van der Waals surface area (Å²) in [4.78, 5) is 0. The molecule has 1 saturated heterocycles. The summed E-state index contributed by atoms with van der Waals surface area (Å²) in [5, 5.41) is 0. The Bertz CT molecular complexity index is 350. The Labute approximate surface area is 108 Å². The first kappa shape index (κ1) is 12.8. The van der Waals surface area contributed by atoms with Crippen LogP contribution in [0.5, 0.6) is 5.75 Å². The molecule has 1 fully saturated rings. The van der Waals surface area contributed by atoms with Crippen molar-refractivity contribution < 1.29 is 4.74 Å². The number of hydrogen-bond acceptors (Lipinski definition) is 3. The minimum Gasteiger partial charge on any atom is -0.493 e. The molecule has 2 unspecified atom stereocenters. The van der Waals surface area contributed by atoms with Gasteiger partial charge in [-0.1, -0.05) is 25.1 Å². The van der Waals surface area contributed by atoms with Gasteiger partial charge >= 0.3 is 0 Å². The lowest BCUT2D eigenvalue weighted by Crippen LogP contribution is -2.22. The van der Waals surface area contributed by atoms with Gasteiger partial charge in [-0.3, -0.25) is 0 Å². The molecule has 1 aromatic rings. The summed E-state index contributed by atoms with van der Waals surface area (Å²) in [7, 11) is 0. The third-order valence-electron chi connectivity index (χ3n) is 3.21. The van der Waals surface area contributed by atoms with Gasteiger partial charge in [0.25, 0.3) is 0 Å². The van der Waals surface area contributed by atoms with Crippen LogP contribution in [-0.4, -0.2) is 18.1 Å². The van der Waals surface area contributed by atoms with E-state index in [2.05, 4.69) is 19.1 Å². The van der Waals surface area contributed by atoms with Gasteiger partial charge < -0.3 is 10.5 Å². The van der Waals surface area contributed by atoms with Crippen LogP contribution >= 0.6 is 11.8 Å². The molecule has 0 bridgehead atoms. The first-order valence-electron chi connectivity index (χ1n) is 6.38. The topological polar surface area (TPSA) is 35.2 Å². The van der Waals surface area contributed by atoms with Crippen LogP contribution in [0.1, 0.15) is 31.4 Å². The van der Waals surface area contributed by atoms with E-state index in [0.29, 0.717) is 5.92 Å². The van der Waals surface area contributed by atoms with Crippen LogP contribution in [-0.2, 0) is 0 Å². The molecule has 0 radical (unpaired) electrons. The molecule has 0 saturated carbocycles. The number of thioether (sulfide) groups is 1. The molecule has 1 heterocycles. The molecule has 2 nitrogen and oxygen atoms in total. The Morgan fingerprint density at radius 3 is 3.00 bits per heavy atom. The standard InChI is InChI=1S/C14H21NOS/c1-2-8-16-13-6-4-3-5-12(13)14(15)11-7-9-17-10-11/h3-6,11,14H,2,7-10,15H2,1H3. The SMILES string of the molecule is CCCOc1ccccc1C(N)C1CCSC1. The highest BCUT2D eigenvalue weighted by atomic mass is 32.2. The van der Waals surface area contributed by atoms with E-state index in [1.807, 2.05) is 23.9 Å². The van der Waals surface area contributed by atoms with Crippen molar-refractivity contribution in [2.75, 3.05) is 18.1 Å². The first-order valence-corrected chi connectivity index (χ1v) is 7.53. The molecule has 94 valence electrons. The summed E-state index contributed by atoms with van der Waals surface area (Å²) in [6, 6.07) is 8.34. The number of rotatable bonds is 5. The van der Waals surface area contributed by atoms with Crippen LogP contribution in [0.2, 0.25) is 0 Å². The average Bonchev–Trinajstić information content (AvgIpc) is 2.89. The zero-order chi connectivity index (χ0) is 12.1. The zero-order valence-corrected chi connectivity index (χ0v) is 11.2. The van der Waals surface area contributed by atoms with E-state index in [9.17, 15) is 0 Å². The van der Waals surface area contributed by atoms with Crippen molar-refractivity contribution in [1.29, 1.82) is 0 Å². The van der Waals surface area contributed by atoms with Crippen LogP contribution < -0.4 is 10.5 Å². The van der Waals surface area contributed by atoms with Crippen molar-refractivity contribution in [2.45, 2.75) is 25.8 Å². The van der Waals surface area contributed by atoms with Gasteiger partial charge in [-0.15, -0.1) is 0 Å². The van der Waals surface area contributed by atoms with Gasteiger partial charge in [0, 0.05) is 11.6 Å². The van der Waals surface area contributed by atoms with Crippen LogP contribution in [0.3, 0.4) is 0 Å². The smallest absolute Gasteiger partial charge is 0.124 e. The molecule has 17 heavy (non-hydrogen) atoms. The molecule has 0 aromatic heterocycles. The molecule has 1 aliphatic rings. The van der Waals surface area contributed by atoms with Crippen molar-refractivity contribution >= 4 is 11.8 Å². The lowest BCUT2D eigenvalue weighted by atomic mass is 9.93. The fourth-order valence-electron chi connectivity index (χ4n) is 2.19. The number of benzene rings is 1. The van der Waals surface area contributed by atoms with Gasteiger partial charge in [-0.25, -0.2) is 0 Å². The maximum Gasteiger partial charge on any atom is 0.124 e. The fourth-order valence-corrected chi connectivity index (χ4v) is 3.50. The second kappa shape index (κ2) is 6.31. The molecular formula is C14H21NOS. The lowest BCUT2D eigenvalue weighted by molar-refractivity contribution is 0.308. The van der Waals surface area contributed by atoms with Crippen LogP contribution in [0.4, 0.5) is 0 Å². The predicted molar refractivity (Wildman–Crippen MR) is 74.6 cm³/mol. The second-order valence-electron chi connectivity index (χ2n) is 4.54. The minimum atomic E-state index is 0.123. The van der Waals surface area contributed by atoms with Gasteiger partial charge in [-0.05, 0) is 36.3 Å². The second-order valence-corrected chi connectivity index (χ2v) is 5.69. The van der Waals surface area contributed by atoms with E-state index in [1.54, 1.807) is 0 Å². The molecule has 3 heteroatoms. The van der Waals surface area contributed by atoms with Gasteiger partial charge in [0.15, 0.2) is 0 Å². The van der Waals surface area contributed by atoms with Crippen molar-refractivity contribution in [3.63, 3.8) is 0 Å². The van der Waals surface area contributed by atoms with Crippen molar-refractivity contribution in [1.82, 2.24) is 0 Å². The quantitative estimate of drug-likeness (QED) is 0.872. The summed E-state index contributed by atoms with van der Waals surface area (Å²) >= 11 is 2.01. The highest BCUT2D eigenvalue weighted by Crippen LogP contribution is 2.36. The summed E-state index contributed by atoms with van der Waals surface area (Å²) in [5.41, 5.74) is 7.55. The van der Waals surface area contributed by atoms with E-state index in [-0.39, 0.29) is 6.04 Å². The van der Waals surface area contributed by atoms with E-state index < -0.39 is 0 Å². The van der Waals surface area contributed by atoms with E-state index in [4.69, 9.17) is 10.5 Å². The first-order chi connectivity index (χ1) is 8.33. The highest BCUT2D eigenvalue weighted by molar-refractivity contribution is 7.99. The molecule has 0 amide bonds. The summed E-state index contributed by atoms with van der Waals surface area (Å²) < 4.78 is 5.78. The lowest BCUT2D eigenvalue weighted by Gasteiger charge is -2.21. The van der Waals surface area contributed by atoms with Gasteiger partial charge in [0.2, 0.25) is 0 Å². The molecule has 2 N–H and O–H groups in total. The summed E-state index contributed by atoms with van der Waals surface area (Å²) in [6.07, 6.45) is 2.26. The molecule has 2 rings (SSSR count). The number of ether oxygens (including phenoxy) is 1. The van der Waals surface area contributed by atoms with Crippen LogP contribution in [0, 0.1) is 5.92 Å². The summed E-state index contributed by atoms with van der Waals surface area (Å²) in [5.74, 6) is 4.00. The van der Waals surface area contributed by atoms with Crippen molar-refractivity contribution in [3.05, 3.63) is 29.8 Å². The molecule has 2 atom stereocenters. The minimum absolute atomic E-state index is 0.123. The Hall–Kier alpha value is -0.670. The third kappa shape index (κ3) is 3.17. The number of nitrogens with two attached hydrogens (primary N) is 1. The molecule has 0 aliphatic carbocycles. The number of hydrogen-bond donors (Lipinski definition) is 1. The van der Waals surface area contributed by atoms with E-state index in [0.717, 1.165) is 18.8 Å².